The highest BCUT2D eigenvalue weighted by Gasteiger charge is 2.35. The molecule has 1 aromatic heterocycles. The van der Waals surface area contributed by atoms with Crippen molar-refractivity contribution in [3.8, 4) is 0 Å². The molecule has 0 radical (unpaired) electrons. The number of alkyl halides is 3. The topological polar surface area (TPSA) is 56.4 Å². The number of halogens is 4. The lowest BCUT2D eigenvalue weighted by Gasteiger charge is -2.28. The Morgan fingerprint density at radius 2 is 1.72 bits per heavy atom. The van der Waals surface area contributed by atoms with Gasteiger partial charge in [0.2, 0.25) is 5.91 Å². The van der Waals surface area contributed by atoms with Gasteiger partial charge >= 0.3 is 6.18 Å². The van der Waals surface area contributed by atoms with Gasteiger partial charge in [-0.2, -0.15) is 13.2 Å². The Morgan fingerprint density at radius 3 is 2.41 bits per heavy atom. The number of nitrogens with zero attached hydrogens (tertiary/aromatic N) is 2. The molecule has 9 heteroatoms. The number of nitrogens with one attached hydrogen (secondary N) is 1. The van der Waals surface area contributed by atoms with E-state index in [1.54, 1.807) is 34.1 Å². The normalized spacial score (nSPS) is 13.4. The van der Waals surface area contributed by atoms with E-state index in [1.807, 2.05) is 30.5 Å². The van der Waals surface area contributed by atoms with E-state index in [0.717, 1.165) is 41.4 Å². The Bertz CT molecular complexity index is 1480. The van der Waals surface area contributed by atoms with E-state index in [2.05, 4.69) is 4.98 Å². The Labute approximate surface area is 229 Å². The third-order valence-corrected chi connectivity index (χ3v) is 7.19. The van der Waals surface area contributed by atoms with Crippen LogP contribution in [0.3, 0.4) is 0 Å². The predicted molar refractivity (Wildman–Crippen MR) is 144 cm³/mol. The minimum Gasteiger partial charge on any atom is -0.361 e. The van der Waals surface area contributed by atoms with Crippen molar-refractivity contribution in [2.45, 2.75) is 38.0 Å². The van der Waals surface area contributed by atoms with E-state index in [9.17, 15) is 22.8 Å². The molecule has 1 N–H and O–H groups in total. The second kappa shape index (κ2) is 11.1. The van der Waals surface area contributed by atoms with Crippen LogP contribution < -0.4 is 0 Å². The summed E-state index contributed by atoms with van der Waals surface area (Å²) in [5, 5.41) is 1.49. The zero-order valence-corrected chi connectivity index (χ0v) is 21.8. The lowest BCUT2D eigenvalue weighted by atomic mass is 10.1. The summed E-state index contributed by atoms with van der Waals surface area (Å²) in [6, 6.07) is 19.3. The molecule has 202 valence electrons. The van der Waals surface area contributed by atoms with Crippen molar-refractivity contribution in [3.63, 3.8) is 0 Å². The lowest BCUT2D eigenvalue weighted by molar-refractivity contribution is -0.137. The van der Waals surface area contributed by atoms with Crippen LogP contribution in [0.5, 0.6) is 0 Å². The number of hydrogen-bond donors (Lipinski definition) is 1. The summed E-state index contributed by atoms with van der Waals surface area (Å²) in [5.41, 5.74) is 2.27. The number of aromatic amines is 1. The van der Waals surface area contributed by atoms with Crippen LogP contribution in [-0.4, -0.2) is 45.7 Å². The molecule has 1 aliphatic carbocycles. The minimum atomic E-state index is -4.44. The second-order valence-corrected chi connectivity index (χ2v) is 10.2. The van der Waals surface area contributed by atoms with Gasteiger partial charge in [-0.25, -0.2) is 0 Å². The van der Waals surface area contributed by atoms with Gasteiger partial charge in [-0.15, -0.1) is 0 Å². The van der Waals surface area contributed by atoms with Crippen molar-refractivity contribution >= 4 is 34.3 Å². The third kappa shape index (κ3) is 6.45. The number of carbonyl (C=O) groups excluding carboxylic acids is 2. The molecule has 1 aliphatic rings. The van der Waals surface area contributed by atoms with Crippen molar-refractivity contribution in [2.75, 3.05) is 13.1 Å². The number of aromatic nitrogens is 1. The van der Waals surface area contributed by atoms with Gasteiger partial charge in [0.15, 0.2) is 0 Å². The molecular formula is C30H27ClF3N3O2. The summed E-state index contributed by atoms with van der Waals surface area (Å²) in [5.74, 6) is -0.531. The number of para-hydroxylation sites is 1. The maximum atomic E-state index is 13.7. The van der Waals surface area contributed by atoms with Crippen molar-refractivity contribution < 1.29 is 22.8 Å². The van der Waals surface area contributed by atoms with E-state index >= 15 is 0 Å². The number of rotatable bonds is 9. The van der Waals surface area contributed by atoms with Crippen LogP contribution in [0.4, 0.5) is 13.2 Å². The molecule has 1 fully saturated rings. The van der Waals surface area contributed by atoms with Crippen LogP contribution in [0.25, 0.3) is 10.9 Å². The summed E-state index contributed by atoms with van der Waals surface area (Å²) in [6.45, 7) is 0.347. The van der Waals surface area contributed by atoms with Crippen molar-refractivity contribution in [2.24, 2.45) is 0 Å². The number of amides is 2. The van der Waals surface area contributed by atoms with Gasteiger partial charge in [-0.3, -0.25) is 9.59 Å². The van der Waals surface area contributed by atoms with Gasteiger partial charge in [-0.1, -0.05) is 48.0 Å². The standard InChI is InChI=1S/C30H27ClF3N3O2/c31-24-5-3-4-21(16-24)29(39)37(25-12-13-25)19-28(38)36(18-20-8-10-23(11-9-20)30(32,33)34)15-14-22-17-35-27-7-2-1-6-26(22)27/h1-11,16-17,25,35H,12-15,18-19H2. The molecule has 0 saturated heterocycles. The molecule has 0 spiro atoms. The van der Waals surface area contributed by atoms with Crippen LogP contribution in [-0.2, 0) is 23.9 Å². The van der Waals surface area contributed by atoms with Gasteiger partial charge in [0, 0.05) is 46.8 Å². The average molecular weight is 554 g/mol. The molecule has 4 aromatic rings. The van der Waals surface area contributed by atoms with Crippen LogP contribution in [0.15, 0.2) is 79.0 Å². The van der Waals surface area contributed by atoms with E-state index in [1.165, 1.54) is 12.1 Å². The molecule has 1 saturated carbocycles. The molecule has 5 rings (SSSR count). The number of fused-ring (bicyclic) bond motifs is 1. The summed E-state index contributed by atoms with van der Waals surface area (Å²) in [6.07, 6.45) is -0.358. The highest BCUT2D eigenvalue weighted by Crippen LogP contribution is 2.30. The summed E-state index contributed by atoms with van der Waals surface area (Å²) < 4.78 is 39.2. The predicted octanol–water partition coefficient (Wildman–Crippen LogP) is 6.72. The van der Waals surface area contributed by atoms with Gasteiger partial charge in [-0.05, 0) is 66.8 Å². The fourth-order valence-corrected chi connectivity index (χ4v) is 4.88. The Hall–Kier alpha value is -3.78. The molecule has 0 bridgehead atoms. The molecule has 39 heavy (non-hydrogen) atoms. The van der Waals surface area contributed by atoms with Crippen molar-refractivity contribution in [1.29, 1.82) is 0 Å². The fraction of sp³-hybridized carbons (Fsp3) is 0.267. The molecule has 1 heterocycles. The fourth-order valence-electron chi connectivity index (χ4n) is 4.69. The lowest BCUT2D eigenvalue weighted by Crippen LogP contribution is -2.44. The first kappa shape index (κ1) is 26.8. The van der Waals surface area contributed by atoms with Crippen LogP contribution in [0, 0.1) is 0 Å². The number of carbonyl (C=O) groups is 2. The Morgan fingerprint density at radius 1 is 0.974 bits per heavy atom. The molecule has 0 unspecified atom stereocenters. The van der Waals surface area contributed by atoms with Gasteiger partial charge < -0.3 is 14.8 Å². The maximum Gasteiger partial charge on any atom is 0.416 e. The minimum absolute atomic E-state index is 0.0260. The quantitative estimate of drug-likeness (QED) is 0.250. The Balaban J connectivity index is 1.36. The first-order valence-corrected chi connectivity index (χ1v) is 13.1. The summed E-state index contributed by atoms with van der Waals surface area (Å²) >= 11 is 6.09. The van der Waals surface area contributed by atoms with Gasteiger partial charge in [0.1, 0.15) is 6.54 Å². The molecule has 2 amide bonds. The van der Waals surface area contributed by atoms with Gasteiger partial charge in [0.25, 0.3) is 5.91 Å². The molecule has 0 aliphatic heterocycles. The van der Waals surface area contributed by atoms with E-state index in [0.29, 0.717) is 29.1 Å². The first-order valence-electron chi connectivity index (χ1n) is 12.7. The summed E-state index contributed by atoms with van der Waals surface area (Å²) in [4.78, 5) is 33.4. The van der Waals surface area contributed by atoms with Crippen LogP contribution >= 0.6 is 11.6 Å². The smallest absolute Gasteiger partial charge is 0.361 e. The molecule has 0 atom stereocenters. The molecular weight excluding hydrogens is 527 g/mol. The molecule has 3 aromatic carbocycles. The average Bonchev–Trinajstić information content (AvgIpc) is 3.68. The zero-order chi connectivity index (χ0) is 27.6. The Kier molecular flexibility index (Phi) is 7.66. The number of H-pyrrole nitrogens is 1. The van der Waals surface area contributed by atoms with Crippen LogP contribution in [0.2, 0.25) is 5.02 Å². The third-order valence-electron chi connectivity index (χ3n) is 6.96. The zero-order valence-electron chi connectivity index (χ0n) is 21.0. The second-order valence-electron chi connectivity index (χ2n) is 9.79. The first-order chi connectivity index (χ1) is 18.7. The highest BCUT2D eigenvalue weighted by atomic mass is 35.5. The largest absolute Gasteiger partial charge is 0.416 e. The molecule has 5 nitrogen and oxygen atoms in total. The van der Waals surface area contributed by atoms with Crippen molar-refractivity contribution in [3.05, 3.63) is 106 Å². The maximum absolute atomic E-state index is 13.7. The van der Waals surface area contributed by atoms with E-state index < -0.39 is 11.7 Å². The van der Waals surface area contributed by atoms with Crippen molar-refractivity contribution in [1.82, 2.24) is 14.8 Å². The summed E-state index contributed by atoms with van der Waals surface area (Å²) in [7, 11) is 0. The monoisotopic (exact) mass is 553 g/mol. The van der Waals surface area contributed by atoms with Gasteiger partial charge in [0.05, 0.1) is 5.56 Å². The SMILES string of the molecule is O=C(CN(C(=O)c1cccc(Cl)c1)C1CC1)N(CCc1c[nH]c2ccccc12)Cc1ccc(C(F)(F)F)cc1. The number of hydrogen-bond acceptors (Lipinski definition) is 2. The van der Waals surface area contributed by atoms with E-state index in [-0.39, 0.29) is 30.9 Å². The highest BCUT2D eigenvalue weighted by molar-refractivity contribution is 6.31. The van der Waals surface area contributed by atoms with Crippen LogP contribution in [0.1, 0.15) is 39.9 Å². The number of benzene rings is 3. The van der Waals surface area contributed by atoms with E-state index in [4.69, 9.17) is 11.6 Å².